The van der Waals surface area contributed by atoms with Crippen LogP contribution in [0.4, 0.5) is 17.8 Å². The van der Waals surface area contributed by atoms with Gasteiger partial charge in [-0.25, -0.2) is 0 Å². The summed E-state index contributed by atoms with van der Waals surface area (Å²) in [5, 5.41) is 23.6. The minimum absolute atomic E-state index is 0.236. The van der Waals surface area contributed by atoms with Crippen molar-refractivity contribution in [3.8, 4) is 0 Å². The summed E-state index contributed by atoms with van der Waals surface area (Å²) in [7, 11) is 0. The zero-order valence-electron chi connectivity index (χ0n) is 9.74. The van der Waals surface area contributed by atoms with Crippen LogP contribution in [0, 0.1) is 0 Å². The minimum Gasteiger partial charge on any atom is -0.369 e. The summed E-state index contributed by atoms with van der Waals surface area (Å²) in [5.41, 5.74) is 5.43. The maximum Gasteiger partial charge on any atom is 0.234 e. The lowest BCUT2D eigenvalue weighted by Crippen LogP contribution is -2.35. The van der Waals surface area contributed by atoms with E-state index in [9.17, 15) is 10.2 Å². The molecule has 0 amide bonds. The van der Waals surface area contributed by atoms with Crippen molar-refractivity contribution in [3.05, 3.63) is 0 Å². The molecule has 0 aliphatic rings. The summed E-state index contributed by atoms with van der Waals surface area (Å²) in [5.74, 6) is -0.733. The number of aromatic nitrogens is 3. The van der Waals surface area contributed by atoms with E-state index in [0.717, 1.165) is 0 Å². The normalized spacial score (nSPS) is 15.4. The van der Waals surface area contributed by atoms with E-state index >= 15 is 0 Å². The molecule has 6 N–H and O–H groups in total. The number of anilines is 3. The van der Waals surface area contributed by atoms with Crippen molar-refractivity contribution >= 4 is 87.5 Å². The molecule has 0 unspecified atom stereocenters. The molecule has 1 aromatic heterocycles. The van der Waals surface area contributed by atoms with Gasteiger partial charge in [-0.3, -0.25) is 0 Å². The van der Waals surface area contributed by atoms with E-state index in [4.69, 9.17) is 75.3 Å². The van der Waals surface area contributed by atoms with E-state index in [1.807, 2.05) is 0 Å². The monoisotopic (exact) mass is 418 g/mol. The first kappa shape index (κ1) is 19.1. The van der Waals surface area contributed by atoms with E-state index in [0.29, 0.717) is 0 Å². The Balaban J connectivity index is 2.90. The maximum atomic E-state index is 9.55. The Bertz CT molecular complexity index is 453. The molecular formula is C7H8Cl6N6O2. The van der Waals surface area contributed by atoms with Gasteiger partial charge in [-0.05, 0) is 0 Å². The molecule has 0 aliphatic heterocycles. The molecule has 0 aromatic carbocycles. The Hall–Kier alpha value is 0.0700. The van der Waals surface area contributed by atoms with Gasteiger partial charge in [-0.15, -0.1) is 0 Å². The van der Waals surface area contributed by atoms with Crippen molar-refractivity contribution in [2.24, 2.45) is 0 Å². The summed E-state index contributed by atoms with van der Waals surface area (Å²) in [6, 6.07) is 0. The number of nitrogens with two attached hydrogens (primary N) is 1. The molecule has 0 bridgehead atoms. The second kappa shape index (κ2) is 7.10. The van der Waals surface area contributed by atoms with Gasteiger partial charge in [0.2, 0.25) is 25.4 Å². The average molecular weight is 421 g/mol. The molecule has 8 nitrogen and oxygen atoms in total. The molecule has 14 heteroatoms. The summed E-state index contributed by atoms with van der Waals surface area (Å²) in [4.78, 5) is 11.0. The van der Waals surface area contributed by atoms with Crippen LogP contribution in [0.5, 0.6) is 0 Å². The molecule has 0 saturated carbocycles. The highest BCUT2D eigenvalue weighted by Crippen LogP contribution is 2.31. The third-order valence-electron chi connectivity index (χ3n) is 1.80. The van der Waals surface area contributed by atoms with Crippen molar-refractivity contribution in [3.63, 3.8) is 0 Å². The van der Waals surface area contributed by atoms with Crippen LogP contribution >= 0.6 is 69.6 Å². The molecular weight excluding hydrogens is 413 g/mol. The molecule has 0 spiro atoms. The van der Waals surface area contributed by atoms with Gasteiger partial charge in [-0.1, -0.05) is 69.6 Å². The second-order valence-electron chi connectivity index (χ2n) is 3.52. The van der Waals surface area contributed by atoms with Gasteiger partial charge < -0.3 is 26.6 Å². The van der Waals surface area contributed by atoms with Gasteiger partial charge in [0.05, 0.1) is 0 Å². The van der Waals surface area contributed by atoms with Crippen LogP contribution in [-0.4, -0.2) is 45.2 Å². The van der Waals surface area contributed by atoms with E-state index in [1.165, 1.54) is 0 Å². The summed E-state index contributed by atoms with van der Waals surface area (Å²) < 4.78 is -4.07. The van der Waals surface area contributed by atoms with Gasteiger partial charge in [0.1, 0.15) is 0 Å². The minimum atomic E-state index is -2.04. The average Bonchev–Trinajstić information content (AvgIpc) is 2.25. The fraction of sp³-hybridized carbons (Fsp3) is 0.571. The lowest BCUT2D eigenvalue weighted by atomic mass is 10.6. The van der Waals surface area contributed by atoms with Crippen LogP contribution in [0.2, 0.25) is 0 Å². The van der Waals surface area contributed by atoms with Crippen molar-refractivity contribution in [1.29, 1.82) is 0 Å². The molecule has 1 heterocycles. The third kappa shape index (κ3) is 6.37. The number of aliphatic hydroxyl groups is 2. The number of nitrogen functional groups attached to an aromatic ring is 1. The predicted octanol–water partition coefficient (Wildman–Crippen LogP) is 1.65. The highest BCUT2D eigenvalue weighted by atomic mass is 35.6. The van der Waals surface area contributed by atoms with Crippen LogP contribution in [0.25, 0.3) is 0 Å². The number of nitrogens with zero attached hydrogens (tertiary/aromatic N) is 3. The largest absolute Gasteiger partial charge is 0.369 e. The molecule has 0 fully saturated rings. The molecule has 21 heavy (non-hydrogen) atoms. The molecule has 2 atom stereocenters. The smallest absolute Gasteiger partial charge is 0.234 e. The molecule has 0 radical (unpaired) electrons. The summed E-state index contributed by atoms with van der Waals surface area (Å²) >= 11 is 32.8. The number of hydrogen-bond acceptors (Lipinski definition) is 8. The highest BCUT2D eigenvalue weighted by Gasteiger charge is 2.33. The first-order valence-corrected chi connectivity index (χ1v) is 7.20. The number of nitrogens with one attached hydrogen (secondary N) is 2. The SMILES string of the molecule is Nc1nc(N[C@@H](O)C(Cl)(Cl)Cl)nc(N[C@H](O)C(Cl)(Cl)Cl)n1. The van der Waals surface area contributed by atoms with Crippen LogP contribution in [-0.2, 0) is 0 Å². The van der Waals surface area contributed by atoms with Crippen LogP contribution < -0.4 is 16.4 Å². The molecule has 0 saturated heterocycles. The first-order valence-electron chi connectivity index (χ1n) is 4.94. The van der Waals surface area contributed by atoms with Gasteiger partial charge in [0.15, 0.2) is 12.5 Å². The van der Waals surface area contributed by atoms with Crippen molar-refractivity contribution in [2.75, 3.05) is 16.4 Å². The number of hydrogen-bond donors (Lipinski definition) is 5. The number of halogens is 6. The molecule has 0 aliphatic carbocycles. The molecule has 1 aromatic rings. The Labute approximate surface area is 148 Å². The first-order chi connectivity index (χ1) is 9.39. The van der Waals surface area contributed by atoms with Crippen molar-refractivity contribution < 1.29 is 10.2 Å². The van der Waals surface area contributed by atoms with E-state index < -0.39 is 20.0 Å². The van der Waals surface area contributed by atoms with Crippen LogP contribution in [0.15, 0.2) is 0 Å². The Morgan fingerprint density at radius 3 is 1.43 bits per heavy atom. The van der Waals surface area contributed by atoms with Gasteiger partial charge in [0, 0.05) is 0 Å². The summed E-state index contributed by atoms with van der Waals surface area (Å²) in [6.07, 6.45) is -3.26. The number of alkyl halides is 6. The zero-order chi connectivity index (χ0) is 16.4. The highest BCUT2D eigenvalue weighted by molar-refractivity contribution is 6.68. The topological polar surface area (TPSA) is 129 Å². The Morgan fingerprint density at radius 1 is 0.810 bits per heavy atom. The standard InChI is InChI=1S/C7H8Cl6N6O2/c8-6(9,10)1(20)15-4-17-3(14)18-5(19-4)16-2(21)7(11,12)13/h1-2,20-21H,(H4,14,15,16,17,18,19)/t1-,2+. The quantitative estimate of drug-likeness (QED) is 0.367. The van der Waals surface area contributed by atoms with Crippen molar-refractivity contribution in [2.45, 2.75) is 20.0 Å². The van der Waals surface area contributed by atoms with E-state index in [-0.39, 0.29) is 17.8 Å². The maximum absolute atomic E-state index is 9.55. The fourth-order valence-electron chi connectivity index (χ4n) is 0.930. The summed E-state index contributed by atoms with van der Waals surface area (Å²) in [6.45, 7) is 0. The van der Waals surface area contributed by atoms with Crippen LogP contribution in [0.1, 0.15) is 0 Å². The second-order valence-corrected chi connectivity index (χ2v) is 8.26. The zero-order valence-corrected chi connectivity index (χ0v) is 14.3. The van der Waals surface area contributed by atoms with E-state index in [2.05, 4.69) is 25.6 Å². The lowest BCUT2D eigenvalue weighted by molar-refractivity contribution is 0.206. The van der Waals surface area contributed by atoms with Crippen molar-refractivity contribution in [1.82, 2.24) is 15.0 Å². The predicted molar refractivity (Wildman–Crippen MR) is 84.1 cm³/mol. The number of rotatable bonds is 4. The Morgan fingerprint density at radius 2 is 1.14 bits per heavy atom. The van der Waals surface area contributed by atoms with Gasteiger partial charge in [0.25, 0.3) is 0 Å². The Kier molecular flexibility index (Phi) is 6.46. The van der Waals surface area contributed by atoms with E-state index in [1.54, 1.807) is 0 Å². The molecule has 1 rings (SSSR count). The third-order valence-corrected chi connectivity index (χ3v) is 3.04. The molecule has 120 valence electrons. The van der Waals surface area contributed by atoms with Gasteiger partial charge in [-0.2, -0.15) is 15.0 Å². The fourth-order valence-corrected chi connectivity index (χ4v) is 1.26. The number of aliphatic hydroxyl groups excluding tert-OH is 2. The van der Waals surface area contributed by atoms with Gasteiger partial charge >= 0.3 is 0 Å². The lowest BCUT2D eigenvalue weighted by Gasteiger charge is -2.21. The van der Waals surface area contributed by atoms with Crippen LogP contribution in [0.3, 0.4) is 0 Å².